The molecule has 1 heterocycles. The molecule has 2 rings (SSSR count). The summed E-state index contributed by atoms with van der Waals surface area (Å²) in [7, 11) is 0. The molecule has 2 N–H and O–H groups in total. The molecule has 2 aromatic rings. The maximum absolute atomic E-state index is 11.1. The zero-order valence-electron chi connectivity index (χ0n) is 7.20. The third-order valence-corrected chi connectivity index (χ3v) is 2.17. The third kappa shape index (κ3) is 1.42. The Morgan fingerprint density at radius 1 is 1.29 bits per heavy atom. The van der Waals surface area contributed by atoms with Crippen LogP contribution in [0, 0.1) is 0 Å². The quantitative estimate of drug-likeness (QED) is 0.726. The summed E-state index contributed by atoms with van der Waals surface area (Å²) in [5.41, 5.74) is 6.36. The summed E-state index contributed by atoms with van der Waals surface area (Å²) in [6.07, 6.45) is 0. The number of carbonyl (C=O) groups excluding carboxylic acids is 1. The van der Waals surface area contributed by atoms with Crippen molar-refractivity contribution in [1.29, 1.82) is 0 Å². The SMILES string of the molecule is NC(=O)c1cccc2nc(Cl)ccc12. The Kier molecular flexibility index (Phi) is 2.09. The number of primary amides is 1. The van der Waals surface area contributed by atoms with Gasteiger partial charge in [0.15, 0.2) is 0 Å². The average molecular weight is 207 g/mol. The van der Waals surface area contributed by atoms with Crippen LogP contribution in [-0.2, 0) is 0 Å². The molecule has 0 fully saturated rings. The number of benzene rings is 1. The monoisotopic (exact) mass is 206 g/mol. The first kappa shape index (κ1) is 8.97. The molecule has 0 bridgehead atoms. The minimum atomic E-state index is -0.459. The number of pyridine rings is 1. The van der Waals surface area contributed by atoms with E-state index in [-0.39, 0.29) is 0 Å². The summed E-state index contributed by atoms with van der Waals surface area (Å²) in [5, 5.41) is 1.13. The van der Waals surface area contributed by atoms with Gasteiger partial charge in [-0.15, -0.1) is 0 Å². The summed E-state index contributed by atoms with van der Waals surface area (Å²) in [6.45, 7) is 0. The fourth-order valence-electron chi connectivity index (χ4n) is 1.34. The van der Waals surface area contributed by atoms with Crippen LogP contribution >= 0.6 is 11.6 Å². The van der Waals surface area contributed by atoms with Gasteiger partial charge in [-0.1, -0.05) is 17.7 Å². The lowest BCUT2D eigenvalue weighted by Crippen LogP contribution is -2.11. The highest BCUT2D eigenvalue weighted by molar-refractivity contribution is 6.29. The number of aromatic nitrogens is 1. The van der Waals surface area contributed by atoms with Crippen LogP contribution in [0.25, 0.3) is 10.9 Å². The maximum Gasteiger partial charge on any atom is 0.249 e. The van der Waals surface area contributed by atoms with Crippen LogP contribution in [0.5, 0.6) is 0 Å². The second kappa shape index (κ2) is 3.27. The summed E-state index contributed by atoms with van der Waals surface area (Å²) < 4.78 is 0. The molecule has 4 heteroatoms. The van der Waals surface area contributed by atoms with E-state index in [1.807, 2.05) is 0 Å². The predicted molar refractivity (Wildman–Crippen MR) is 55.3 cm³/mol. The van der Waals surface area contributed by atoms with Crippen LogP contribution in [0.4, 0.5) is 0 Å². The molecule has 14 heavy (non-hydrogen) atoms. The van der Waals surface area contributed by atoms with Crippen LogP contribution in [0.3, 0.4) is 0 Å². The van der Waals surface area contributed by atoms with Crippen LogP contribution in [0.2, 0.25) is 5.15 Å². The van der Waals surface area contributed by atoms with E-state index in [1.54, 1.807) is 30.3 Å². The van der Waals surface area contributed by atoms with Crippen molar-refractivity contribution in [1.82, 2.24) is 4.98 Å². The number of fused-ring (bicyclic) bond motifs is 1. The van der Waals surface area contributed by atoms with Gasteiger partial charge in [-0.3, -0.25) is 4.79 Å². The van der Waals surface area contributed by atoms with Gasteiger partial charge in [0.05, 0.1) is 5.52 Å². The molecule has 3 nitrogen and oxygen atoms in total. The standard InChI is InChI=1S/C10H7ClN2O/c11-9-5-4-6-7(10(12)14)2-1-3-8(6)13-9/h1-5H,(H2,12,14). The number of nitrogens with zero attached hydrogens (tertiary/aromatic N) is 1. The van der Waals surface area contributed by atoms with E-state index in [4.69, 9.17) is 17.3 Å². The number of halogens is 1. The highest BCUT2D eigenvalue weighted by atomic mass is 35.5. The molecule has 0 spiro atoms. The van der Waals surface area contributed by atoms with Gasteiger partial charge in [0.25, 0.3) is 0 Å². The van der Waals surface area contributed by atoms with Crippen molar-refractivity contribution in [2.45, 2.75) is 0 Å². The Morgan fingerprint density at radius 3 is 2.79 bits per heavy atom. The molecule has 0 saturated heterocycles. The Hall–Kier alpha value is -1.61. The van der Waals surface area contributed by atoms with Crippen molar-refractivity contribution in [3.05, 3.63) is 41.0 Å². The van der Waals surface area contributed by atoms with Gasteiger partial charge in [-0.25, -0.2) is 4.98 Å². The summed E-state index contributed by atoms with van der Waals surface area (Å²) in [5.74, 6) is -0.459. The normalized spacial score (nSPS) is 10.4. The highest BCUT2D eigenvalue weighted by Crippen LogP contribution is 2.18. The largest absolute Gasteiger partial charge is 0.366 e. The molecule has 0 saturated carbocycles. The van der Waals surface area contributed by atoms with Crippen molar-refractivity contribution in [2.75, 3.05) is 0 Å². The fraction of sp³-hybridized carbons (Fsp3) is 0. The van der Waals surface area contributed by atoms with E-state index < -0.39 is 5.91 Å². The minimum Gasteiger partial charge on any atom is -0.366 e. The predicted octanol–water partition coefficient (Wildman–Crippen LogP) is 1.99. The number of nitrogens with two attached hydrogens (primary N) is 1. The molecule has 0 aliphatic rings. The van der Waals surface area contributed by atoms with Gasteiger partial charge in [-0.05, 0) is 24.3 Å². The first-order valence-electron chi connectivity index (χ1n) is 4.03. The second-order valence-corrected chi connectivity index (χ2v) is 3.26. The van der Waals surface area contributed by atoms with Gasteiger partial charge in [-0.2, -0.15) is 0 Å². The molecule has 0 aliphatic heterocycles. The maximum atomic E-state index is 11.1. The molecule has 1 amide bonds. The van der Waals surface area contributed by atoms with E-state index in [1.165, 1.54) is 0 Å². The van der Waals surface area contributed by atoms with Crippen molar-refractivity contribution in [3.8, 4) is 0 Å². The lowest BCUT2D eigenvalue weighted by molar-refractivity contribution is 0.100. The van der Waals surface area contributed by atoms with Gasteiger partial charge >= 0.3 is 0 Å². The van der Waals surface area contributed by atoms with Crippen molar-refractivity contribution >= 4 is 28.4 Å². The topological polar surface area (TPSA) is 56.0 Å². The van der Waals surface area contributed by atoms with Crippen LogP contribution in [-0.4, -0.2) is 10.9 Å². The van der Waals surface area contributed by atoms with Gasteiger partial charge in [0.2, 0.25) is 5.91 Å². The van der Waals surface area contributed by atoms with Crippen molar-refractivity contribution < 1.29 is 4.79 Å². The van der Waals surface area contributed by atoms with Crippen LogP contribution in [0.15, 0.2) is 30.3 Å². The van der Waals surface area contributed by atoms with Crippen LogP contribution < -0.4 is 5.73 Å². The number of carbonyl (C=O) groups is 1. The number of rotatable bonds is 1. The highest BCUT2D eigenvalue weighted by Gasteiger charge is 2.06. The average Bonchev–Trinajstić information content (AvgIpc) is 2.16. The molecule has 1 aromatic heterocycles. The zero-order valence-corrected chi connectivity index (χ0v) is 7.95. The second-order valence-electron chi connectivity index (χ2n) is 2.87. The van der Waals surface area contributed by atoms with Gasteiger partial charge in [0, 0.05) is 10.9 Å². The first-order chi connectivity index (χ1) is 6.68. The smallest absolute Gasteiger partial charge is 0.249 e. The van der Waals surface area contributed by atoms with Crippen molar-refractivity contribution in [3.63, 3.8) is 0 Å². The van der Waals surface area contributed by atoms with E-state index in [0.29, 0.717) is 16.2 Å². The molecular formula is C10H7ClN2O. The Balaban J connectivity index is 2.81. The lowest BCUT2D eigenvalue weighted by Gasteiger charge is -2.01. The Morgan fingerprint density at radius 2 is 2.07 bits per heavy atom. The zero-order chi connectivity index (χ0) is 10.1. The van der Waals surface area contributed by atoms with Crippen LogP contribution in [0.1, 0.15) is 10.4 Å². The fourth-order valence-corrected chi connectivity index (χ4v) is 1.50. The Bertz CT molecular complexity index is 510. The molecule has 0 radical (unpaired) electrons. The molecule has 70 valence electrons. The molecule has 1 aromatic carbocycles. The van der Waals surface area contributed by atoms with Crippen molar-refractivity contribution in [2.24, 2.45) is 5.73 Å². The minimum absolute atomic E-state index is 0.402. The number of hydrogen-bond donors (Lipinski definition) is 1. The summed E-state index contributed by atoms with van der Waals surface area (Å²) in [6, 6.07) is 8.56. The molecule has 0 atom stereocenters. The number of hydrogen-bond acceptors (Lipinski definition) is 2. The molecule has 0 aliphatic carbocycles. The number of amides is 1. The van der Waals surface area contributed by atoms with Gasteiger partial charge in [0.1, 0.15) is 5.15 Å². The first-order valence-corrected chi connectivity index (χ1v) is 4.41. The van der Waals surface area contributed by atoms with E-state index in [0.717, 1.165) is 5.39 Å². The molecular weight excluding hydrogens is 200 g/mol. The van der Waals surface area contributed by atoms with E-state index >= 15 is 0 Å². The van der Waals surface area contributed by atoms with Gasteiger partial charge < -0.3 is 5.73 Å². The lowest BCUT2D eigenvalue weighted by atomic mass is 10.1. The third-order valence-electron chi connectivity index (χ3n) is 1.96. The molecule has 0 unspecified atom stereocenters. The summed E-state index contributed by atoms with van der Waals surface area (Å²) >= 11 is 5.72. The summed E-state index contributed by atoms with van der Waals surface area (Å²) in [4.78, 5) is 15.1. The Labute approximate surface area is 85.5 Å². The van der Waals surface area contributed by atoms with E-state index in [9.17, 15) is 4.79 Å². The van der Waals surface area contributed by atoms with E-state index in [2.05, 4.69) is 4.98 Å².